The predicted octanol–water partition coefficient (Wildman–Crippen LogP) is 2.47. The van der Waals surface area contributed by atoms with Crippen molar-refractivity contribution in [2.24, 2.45) is 5.11 Å². The lowest BCUT2D eigenvalue weighted by atomic mass is 10.1. The SMILES string of the molecule is CCOC(=O)C(NCCN=[N+]=[N-])c1cc(F)ccc1F. The van der Waals surface area contributed by atoms with E-state index in [9.17, 15) is 13.6 Å². The smallest absolute Gasteiger partial charge is 0.327 e. The molecule has 0 radical (unpaired) electrons. The van der Waals surface area contributed by atoms with Gasteiger partial charge in [-0.05, 0) is 30.7 Å². The minimum atomic E-state index is -1.15. The predicted molar refractivity (Wildman–Crippen MR) is 67.7 cm³/mol. The van der Waals surface area contributed by atoms with Crippen LogP contribution in [0.15, 0.2) is 23.3 Å². The van der Waals surface area contributed by atoms with Crippen LogP contribution in [-0.4, -0.2) is 25.7 Å². The summed E-state index contributed by atoms with van der Waals surface area (Å²) >= 11 is 0. The summed E-state index contributed by atoms with van der Waals surface area (Å²) in [5, 5.41) is 5.96. The molecule has 0 amide bonds. The molecule has 1 aromatic rings. The number of nitrogens with one attached hydrogen (secondary N) is 1. The average Bonchev–Trinajstić information content (AvgIpc) is 2.42. The van der Waals surface area contributed by atoms with Crippen LogP contribution in [0, 0.1) is 11.6 Å². The molecule has 6 nitrogen and oxygen atoms in total. The summed E-state index contributed by atoms with van der Waals surface area (Å²) in [6.45, 7) is 1.92. The fourth-order valence-electron chi connectivity index (χ4n) is 1.59. The van der Waals surface area contributed by atoms with Gasteiger partial charge in [0, 0.05) is 23.6 Å². The van der Waals surface area contributed by atoms with E-state index in [1.165, 1.54) is 0 Å². The second-order valence-electron chi connectivity index (χ2n) is 3.76. The quantitative estimate of drug-likeness (QED) is 0.274. The van der Waals surface area contributed by atoms with E-state index in [1.54, 1.807) is 6.92 Å². The van der Waals surface area contributed by atoms with Crippen LogP contribution in [0.25, 0.3) is 10.4 Å². The molecule has 0 fully saturated rings. The molecule has 0 spiro atoms. The summed E-state index contributed by atoms with van der Waals surface area (Å²) in [7, 11) is 0. The standard InChI is InChI=1S/C12H14F2N4O2/c1-2-20-12(19)11(16-5-6-17-18-15)9-7-8(13)3-4-10(9)14/h3-4,7,11,16H,2,5-6H2,1H3. The van der Waals surface area contributed by atoms with Crippen LogP contribution in [0.5, 0.6) is 0 Å². The van der Waals surface area contributed by atoms with Crippen LogP contribution in [-0.2, 0) is 9.53 Å². The molecule has 0 aliphatic heterocycles. The molecule has 0 aliphatic carbocycles. The molecular weight excluding hydrogens is 270 g/mol. The van der Waals surface area contributed by atoms with Gasteiger partial charge in [0.05, 0.1) is 6.61 Å². The van der Waals surface area contributed by atoms with Gasteiger partial charge in [-0.2, -0.15) is 0 Å². The van der Waals surface area contributed by atoms with Gasteiger partial charge < -0.3 is 10.1 Å². The first-order valence-electron chi connectivity index (χ1n) is 5.96. The Labute approximate surface area is 114 Å². The molecule has 0 saturated heterocycles. The molecule has 0 aromatic heterocycles. The highest BCUT2D eigenvalue weighted by atomic mass is 19.1. The van der Waals surface area contributed by atoms with Crippen molar-refractivity contribution in [3.05, 3.63) is 45.8 Å². The Hall–Kier alpha value is -2.18. The summed E-state index contributed by atoms with van der Waals surface area (Å²) in [6.07, 6.45) is 0. The maximum Gasteiger partial charge on any atom is 0.327 e. The minimum absolute atomic E-state index is 0.0728. The molecule has 0 saturated carbocycles. The van der Waals surface area contributed by atoms with E-state index in [-0.39, 0.29) is 25.3 Å². The lowest BCUT2D eigenvalue weighted by molar-refractivity contribution is -0.145. The van der Waals surface area contributed by atoms with Gasteiger partial charge >= 0.3 is 5.97 Å². The average molecular weight is 284 g/mol. The molecule has 0 bridgehead atoms. The van der Waals surface area contributed by atoms with Gasteiger partial charge in [0.1, 0.15) is 17.7 Å². The lowest BCUT2D eigenvalue weighted by Crippen LogP contribution is -2.32. The summed E-state index contributed by atoms with van der Waals surface area (Å²) < 4.78 is 31.7. The lowest BCUT2D eigenvalue weighted by Gasteiger charge is -2.17. The zero-order chi connectivity index (χ0) is 15.0. The van der Waals surface area contributed by atoms with Crippen LogP contribution < -0.4 is 5.32 Å². The maximum absolute atomic E-state index is 13.7. The Kier molecular flexibility index (Phi) is 6.42. The van der Waals surface area contributed by atoms with Gasteiger partial charge in [-0.25, -0.2) is 13.6 Å². The molecular formula is C12H14F2N4O2. The van der Waals surface area contributed by atoms with Crippen molar-refractivity contribution < 1.29 is 18.3 Å². The molecule has 0 heterocycles. The minimum Gasteiger partial charge on any atom is -0.465 e. The topological polar surface area (TPSA) is 87.1 Å². The van der Waals surface area contributed by atoms with E-state index in [4.69, 9.17) is 10.3 Å². The van der Waals surface area contributed by atoms with Gasteiger partial charge in [-0.1, -0.05) is 5.11 Å². The van der Waals surface area contributed by atoms with Crippen molar-refractivity contribution in [1.29, 1.82) is 0 Å². The second kappa shape index (κ2) is 8.08. The molecule has 8 heteroatoms. The van der Waals surface area contributed by atoms with Crippen LogP contribution in [0.1, 0.15) is 18.5 Å². The molecule has 0 aliphatic rings. The third-order valence-electron chi connectivity index (χ3n) is 2.41. The van der Waals surface area contributed by atoms with Gasteiger partial charge in [0.15, 0.2) is 0 Å². The Morgan fingerprint density at radius 2 is 2.30 bits per heavy atom. The Morgan fingerprint density at radius 1 is 1.55 bits per heavy atom. The van der Waals surface area contributed by atoms with Crippen molar-refractivity contribution in [3.63, 3.8) is 0 Å². The number of hydrogen-bond donors (Lipinski definition) is 1. The molecule has 1 rings (SSSR count). The number of azide groups is 1. The van der Waals surface area contributed by atoms with Crippen LogP contribution in [0.4, 0.5) is 8.78 Å². The van der Waals surface area contributed by atoms with Gasteiger partial charge in [0.25, 0.3) is 0 Å². The van der Waals surface area contributed by atoms with E-state index < -0.39 is 23.6 Å². The van der Waals surface area contributed by atoms with Gasteiger partial charge in [-0.15, -0.1) is 0 Å². The maximum atomic E-state index is 13.7. The van der Waals surface area contributed by atoms with E-state index in [2.05, 4.69) is 15.3 Å². The monoisotopic (exact) mass is 284 g/mol. The first-order valence-corrected chi connectivity index (χ1v) is 5.96. The Morgan fingerprint density at radius 3 is 2.95 bits per heavy atom. The molecule has 1 aromatic carbocycles. The van der Waals surface area contributed by atoms with Crippen LogP contribution in [0.2, 0.25) is 0 Å². The van der Waals surface area contributed by atoms with Crippen LogP contribution >= 0.6 is 0 Å². The fraction of sp³-hybridized carbons (Fsp3) is 0.417. The molecule has 1 unspecified atom stereocenters. The third-order valence-corrected chi connectivity index (χ3v) is 2.41. The Balaban J connectivity index is 2.93. The first kappa shape index (κ1) is 15.9. The van der Waals surface area contributed by atoms with E-state index >= 15 is 0 Å². The third kappa shape index (κ3) is 4.49. The number of hydrogen-bond acceptors (Lipinski definition) is 4. The number of carbonyl (C=O) groups excluding carboxylic acids is 1. The van der Waals surface area contributed by atoms with Crippen molar-refractivity contribution in [2.75, 3.05) is 19.7 Å². The summed E-state index contributed by atoms with van der Waals surface area (Å²) in [6, 6.07) is 1.67. The van der Waals surface area contributed by atoms with E-state index in [0.717, 1.165) is 18.2 Å². The number of esters is 1. The van der Waals surface area contributed by atoms with Crippen molar-refractivity contribution >= 4 is 5.97 Å². The van der Waals surface area contributed by atoms with Gasteiger partial charge in [0.2, 0.25) is 0 Å². The van der Waals surface area contributed by atoms with E-state index in [0.29, 0.717) is 0 Å². The zero-order valence-corrected chi connectivity index (χ0v) is 10.8. The summed E-state index contributed by atoms with van der Waals surface area (Å²) in [4.78, 5) is 14.3. The number of rotatable bonds is 7. The Bertz CT molecular complexity index is 518. The van der Waals surface area contributed by atoms with Crippen molar-refractivity contribution in [3.8, 4) is 0 Å². The number of ether oxygens (including phenoxy) is 1. The summed E-state index contributed by atoms with van der Waals surface area (Å²) in [5.74, 6) is -2.11. The zero-order valence-electron chi connectivity index (χ0n) is 10.8. The number of benzene rings is 1. The fourth-order valence-corrected chi connectivity index (χ4v) is 1.59. The highest BCUT2D eigenvalue weighted by molar-refractivity contribution is 5.77. The van der Waals surface area contributed by atoms with Crippen LogP contribution in [0.3, 0.4) is 0 Å². The highest BCUT2D eigenvalue weighted by Crippen LogP contribution is 2.19. The molecule has 1 N–H and O–H groups in total. The largest absolute Gasteiger partial charge is 0.465 e. The first-order chi connectivity index (χ1) is 9.60. The number of nitrogens with zero attached hydrogens (tertiary/aromatic N) is 3. The van der Waals surface area contributed by atoms with E-state index in [1.807, 2.05) is 0 Å². The molecule has 108 valence electrons. The number of carbonyl (C=O) groups is 1. The second-order valence-corrected chi connectivity index (χ2v) is 3.76. The van der Waals surface area contributed by atoms with Gasteiger partial charge in [-0.3, -0.25) is 0 Å². The van der Waals surface area contributed by atoms with Crippen molar-refractivity contribution in [1.82, 2.24) is 5.32 Å². The molecule has 1 atom stereocenters. The summed E-state index contributed by atoms with van der Waals surface area (Å²) in [5.41, 5.74) is 8.00. The highest BCUT2D eigenvalue weighted by Gasteiger charge is 2.24. The molecule has 20 heavy (non-hydrogen) atoms. The normalized spacial score (nSPS) is 11.6. The van der Waals surface area contributed by atoms with Crippen molar-refractivity contribution in [2.45, 2.75) is 13.0 Å². The number of halogens is 2.